The highest BCUT2D eigenvalue weighted by Crippen LogP contribution is 2.36. The first-order valence-electron chi connectivity index (χ1n) is 9.03. The summed E-state index contributed by atoms with van der Waals surface area (Å²) >= 11 is 0. The van der Waals surface area contributed by atoms with Gasteiger partial charge in [-0.25, -0.2) is 5.01 Å². The highest BCUT2D eigenvalue weighted by atomic mass is 19.4. The smallest absolute Gasteiger partial charge is 0.423 e. The summed E-state index contributed by atoms with van der Waals surface area (Å²) in [5, 5.41) is 10.0. The Morgan fingerprint density at radius 3 is 2.52 bits per heavy atom. The van der Waals surface area contributed by atoms with Crippen molar-refractivity contribution in [3.8, 4) is 5.75 Å². The molecule has 2 aliphatic rings. The summed E-state index contributed by atoms with van der Waals surface area (Å²) in [5.74, 6) is -0.609. The zero-order valence-corrected chi connectivity index (χ0v) is 16.2. The second kappa shape index (κ2) is 8.40. The van der Waals surface area contributed by atoms with Crippen molar-refractivity contribution in [2.45, 2.75) is 31.6 Å². The molecule has 0 fully saturated rings. The molecule has 0 aliphatic carbocycles. The van der Waals surface area contributed by atoms with Crippen molar-refractivity contribution in [1.82, 2.24) is 15.6 Å². The molecule has 3 rings (SSSR count). The maximum atomic E-state index is 13.2. The van der Waals surface area contributed by atoms with Crippen molar-refractivity contribution < 1.29 is 31.1 Å². The lowest BCUT2D eigenvalue weighted by molar-refractivity contribution is -0.187. The van der Waals surface area contributed by atoms with Crippen molar-refractivity contribution in [3.63, 3.8) is 0 Å². The average Bonchev–Trinajstić information content (AvgIpc) is 2.69. The van der Waals surface area contributed by atoms with E-state index in [2.05, 4.69) is 15.7 Å². The Morgan fingerprint density at radius 2 is 1.94 bits per heavy atom. The van der Waals surface area contributed by atoms with Crippen molar-refractivity contribution >= 4 is 11.5 Å². The molecule has 0 aromatic heterocycles. The minimum absolute atomic E-state index is 0.231. The molecule has 0 saturated carbocycles. The predicted molar refractivity (Wildman–Crippen MR) is 101 cm³/mol. The van der Waals surface area contributed by atoms with Crippen molar-refractivity contribution in [2.24, 2.45) is 16.6 Å². The maximum Gasteiger partial charge on any atom is 0.423 e. The lowest BCUT2D eigenvalue weighted by atomic mass is 10.0. The molecule has 0 bridgehead atoms. The van der Waals surface area contributed by atoms with E-state index in [1.165, 1.54) is 19.1 Å². The minimum atomic E-state index is -4.84. The third-order valence-electron chi connectivity index (χ3n) is 4.63. The Morgan fingerprint density at radius 1 is 1.23 bits per heavy atom. The normalized spacial score (nSPS) is 21.0. The van der Waals surface area contributed by atoms with Crippen LogP contribution in [0.2, 0.25) is 0 Å². The fraction of sp³-hybridized carbons (Fsp3) is 0.389. The number of benzene rings is 1. The summed E-state index contributed by atoms with van der Waals surface area (Å²) < 4.78 is 84.5. The molecule has 0 spiro atoms. The Bertz CT molecular complexity index is 923. The fourth-order valence-electron chi connectivity index (χ4n) is 2.96. The van der Waals surface area contributed by atoms with E-state index in [0.717, 1.165) is 12.1 Å². The third-order valence-corrected chi connectivity index (χ3v) is 4.63. The SMILES string of the molecule is CC1=CC(Oc2cc(C(F)(F)F)ccc2C2=CNCNC2)=NN(C(N)C(F)(F)F)C1N. The number of nitrogens with two attached hydrogens (primary N) is 2. The molecule has 2 unspecified atom stereocenters. The van der Waals surface area contributed by atoms with Crippen LogP contribution in [-0.2, 0) is 6.18 Å². The molecule has 170 valence electrons. The van der Waals surface area contributed by atoms with Gasteiger partial charge in [-0.05, 0) is 30.2 Å². The fourth-order valence-corrected chi connectivity index (χ4v) is 2.96. The molecular weight excluding hydrogens is 430 g/mol. The Labute approximate surface area is 173 Å². The number of hydrogen-bond donors (Lipinski definition) is 4. The quantitative estimate of drug-likeness (QED) is 0.528. The van der Waals surface area contributed by atoms with Crippen LogP contribution < -0.4 is 26.8 Å². The highest BCUT2D eigenvalue weighted by molar-refractivity contribution is 5.91. The summed E-state index contributed by atoms with van der Waals surface area (Å²) in [6.07, 6.45) is -10.4. The van der Waals surface area contributed by atoms with Gasteiger partial charge in [-0.2, -0.15) is 26.3 Å². The zero-order chi connectivity index (χ0) is 23.0. The van der Waals surface area contributed by atoms with Crippen LogP contribution in [0, 0.1) is 0 Å². The molecular formula is C18H20F6N6O. The van der Waals surface area contributed by atoms with Gasteiger partial charge in [0.25, 0.3) is 0 Å². The van der Waals surface area contributed by atoms with Gasteiger partial charge >= 0.3 is 12.4 Å². The first kappa shape index (κ1) is 22.9. The van der Waals surface area contributed by atoms with Gasteiger partial charge in [-0.15, -0.1) is 5.10 Å². The van der Waals surface area contributed by atoms with Gasteiger partial charge in [-0.1, -0.05) is 6.07 Å². The predicted octanol–water partition coefficient (Wildman–Crippen LogP) is 2.28. The molecule has 2 aliphatic heterocycles. The van der Waals surface area contributed by atoms with Crippen molar-refractivity contribution in [2.75, 3.05) is 13.2 Å². The molecule has 7 nitrogen and oxygen atoms in total. The second-order valence-corrected chi connectivity index (χ2v) is 6.93. The van der Waals surface area contributed by atoms with Gasteiger partial charge in [0.15, 0.2) is 6.17 Å². The number of hydrogen-bond acceptors (Lipinski definition) is 7. The van der Waals surface area contributed by atoms with Gasteiger partial charge in [0.1, 0.15) is 11.9 Å². The number of nitrogens with zero attached hydrogens (tertiary/aromatic N) is 2. The summed E-state index contributed by atoms with van der Waals surface area (Å²) in [5.41, 5.74) is 11.1. The van der Waals surface area contributed by atoms with Crippen molar-refractivity contribution in [3.05, 3.63) is 47.2 Å². The summed E-state index contributed by atoms with van der Waals surface area (Å²) in [4.78, 5) is 0. The number of halogens is 6. The molecule has 0 saturated heterocycles. The highest BCUT2D eigenvalue weighted by Gasteiger charge is 2.44. The molecule has 2 heterocycles. The third kappa shape index (κ3) is 5.11. The van der Waals surface area contributed by atoms with Gasteiger partial charge in [-0.3, -0.25) is 5.32 Å². The molecule has 1 aromatic rings. The van der Waals surface area contributed by atoms with E-state index in [9.17, 15) is 26.3 Å². The van der Waals surface area contributed by atoms with Crippen LogP contribution in [0.3, 0.4) is 0 Å². The van der Waals surface area contributed by atoms with Crippen LogP contribution in [0.5, 0.6) is 5.75 Å². The van der Waals surface area contributed by atoms with Crippen LogP contribution >= 0.6 is 0 Å². The molecule has 0 radical (unpaired) electrons. The number of hydrazone groups is 1. The lowest BCUT2D eigenvalue weighted by Gasteiger charge is -2.35. The number of alkyl halides is 6. The average molecular weight is 450 g/mol. The van der Waals surface area contributed by atoms with E-state index in [1.54, 1.807) is 6.20 Å². The Balaban J connectivity index is 2.02. The molecule has 13 heteroatoms. The van der Waals surface area contributed by atoms with E-state index < -0.39 is 30.2 Å². The number of rotatable bonds is 3. The van der Waals surface area contributed by atoms with Gasteiger partial charge < -0.3 is 21.5 Å². The first-order chi connectivity index (χ1) is 14.4. The van der Waals surface area contributed by atoms with Gasteiger partial charge in [0.05, 0.1) is 12.2 Å². The maximum absolute atomic E-state index is 13.2. The van der Waals surface area contributed by atoms with E-state index >= 15 is 0 Å². The van der Waals surface area contributed by atoms with Crippen molar-refractivity contribution in [1.29, 1.82) is 0 Å². The van der Waals surface area contributed by atoms with Crippen LogP contribution in [-0.4, -0.2) is 42.6 Å². The summed E-state index contributed by atoms with van der Waals surface area (Å²) in [7, 11) is 0. The van der Waals surface area contributed by atoms with Gasteiger partial charge in [0, 0.05) is 24.4 Å². The summed E-state index contributed by atoms with van der Waals surface area (Å²) in [6.45, 7) is 2.24. The largest absolute Gasteiger partial charge is 0.437 e. The Kier molecular flexibility index (Phi) is 6.21. The molecule has 1 aromatic carbocycles. The first-order valence-corrected chi connectivity index (χ1v) is 9.03. The van der Waals surface area contributed by atoms with Gasteiger partial charge in [0.2, 0.25) is 5.90 Å². The van der Waals surface area contributed by atoms with E-state index in [-0.39, 0.29) is 17.2 Å². The summed E-state index contributed by atoms with van der Waals surface area (Å²) in [6, 6.07) is 2.88. The Hall–Kier alpha value is -2.77. The van der Waals surface area contributed by atoms with Crippen LogP contribution in [0.1, 0.15) is 18.1 Å². The molecule has 2 atom stereocenters. The zero-order valence-electron chi connectivity index (χ0n) is 16.2. The lowest BCUT2D eigenvalue weighted by Crippen LogP contribution is -2.57. The van der Waals surface area contributed by atoms with E-state index in [0.29, 0.717) is 29.4 Å². The molecule has 31 heavy (non-hydrogen) atoms. The molecule has 6 N–H and O–H groups in total. The monoisotopic (exact) mass is 450 g/mol. The van der Waals surface area contributed by atoms with Crippen LogP contribution in [0.15, 0.2) is 41.1 Å². The van der Waals surface area contributed by atoms with E-state index in [4.69, 9.17) is 16.2 Å². The van der Waals surface area contributed by atoms with Crippen LogP contribution in [0.4, 0.5) is 26.3 Å². The minimum Gasteiger partial charge on any atom is -0.437 e. The number of ether oxygens (including phenoxy) is 1. The topological polar surface area (TPSA) is 101 Å². The molecule has 0 amide bonds. The second-order valence-electron chi connectivity index (χ2n) is 6.93. The van der Waals surface area contributed by atoms with E-state index in [1.807, 2.05) is 0 Å². The standard InChI is InChI=1S/C18H20F6N6O/c1-9-4-14(29-30(15(9)25)16(26)18(22,23)24)31-13-5-11(17(19,20)21)2-3-12(13)10-6-27-8-28-7-10/h2-6,15-16,27-28H,7-8,25-26H2,1H3. The van der Waals surface area contributed by atoms with Crippen LogP contribution in [0.25, 0.3) is 5.57 Å². The number of nitrogens with one attached hydrogen (secondary N) is 2.